The van der Waals surface area contributed by atoms with Gasteiger partial charge in [-0.05, 0) is 47.7 Å². The molecule has 6 heteroatoms. The molecule has 1 amide bonds. The van der Waals surface area contributed by atoms with Crippen molar-refractivity contribution in [3.63, 3.8) is 0 Å². The van der Waals surface area contributed by atoms with Crippen molar-refractivity contribution in [2.45, 2.75) is 25.8 Å². The van der Waals surface area contributed by atoms with E-state index in [0.29, 0.717) is 17.5 Å². The van der Waals surface area contributed by atoms with E-state index in [1.165, 1.54) is 19.0 Å². The lowest BCUT2D eigenvalue weighted by Crippen LogP contribution is -2.22. The van der Waals surface area contributed by atoms with Gasteiger partial charge in [-0.15, -0.1) is 0 Å². The summed E-state index contributed by atoms with van der Waals surface area (Å²) in [7, 11) is 0. The Labute approximate surface area is 119 Å². The van der Waals surface area contributed by atoms with Crippen LogP contribution in [0.2, 0.25) is 0 Å². The molecular weight excluding hydrogens is 308 g/mol. The van der Waals surface area contributed by atoms with Crippen LogP contribution in [0.5, 0.6) is 0 Å². The third-order valence-corrected chi connectivity index (χ3v) is 4.00. The lowest BCUT2D eigenvalue weighted by molar-refractivity contribution is 0.100. The number of rotatable bonds is 4. The maximum atomic E-state index is 11.6. The van der Waals surface area contributed by atoms with Crippen molar-refractivity contribution in [2.75, 3.05) is 5.32 Å². The third kappa shape index (κ3) is 2.32. The lowest BCUT2D eigenvalue weighted by atomic mass is 10.1. The SMILES string of the molecule is CC(Nc1c(C(N)=O)cnn2cc(Br)cc12)C1CC1. The van der Waals surface area contributed by atoms with Crippen molar-refractivity contribution < 1.29 is 4.79 Å². The van der Waals surface area contributed by atoms with E-state index in [1.807, 2.05) is 12.3 Å². The normalized spacial score (nSPS) is 16.5. The van der Waals surface area contributed by atoms with Crippen LogP contribution in [0.15, 0.2) is 22.9 Å². The monoisotopic (exact) mass is 322 g/mol. The lowest BCUT2D eigenvalue weighted by Gasteiger charge is -2.17. The minimum absolute atomic E-state index is 0.331. The first-order valence-electron chi connectivity index (χ1n) is 6.29. The van der Waals surface area contributed by atoms with E-state index in [2.05, 4.69) is 33.3 Å². The number of hydrogen-bond donors (Lipinski definition) is 2. The van der Waals surface area contributed by atoms with E-state index < -0.39 is 5.91 Å². The van der Waals surface area contributed by atoms with Crippen LogP contribution in [0.25, 0.3) is 5.52 Å². The molecule has 3 rings (SSSR count). The molecule has 0 bridgehead atoms. The first kappa shape index (κ1) is 12.5. The van der Waals surface area contributed by atoms with Crippen LogP contribution in [0.3, 0.4) is 0 Å². The van der Waals surface area contributed by atoms with Crippen LogP contribution in [-0.2, 0) is 0 Å². The van der Waals surface area contributed by atoms with Crippen molar-refractivity contribution in [2.24, 2.45) is 11.7 Å². The Bertz CT molecular complexity index is 647. The molecule has 1 atom stereocenters. The summed E-state index contributed by atoms with van der Waals surface area (Å²) in [6.07, 6.45) is 5.86. The van der Waals surface area contributed by atoms with Crippen LogP contribution in [0.4, 0.5) is 5.69 Å². The van der Waals surface area contributed by atoms with Gasteiger partial charge >= 0.3 is 0 Å². The van der Waals surface area contributed by atoms with E-state index in [-0.39, 0.29) is 0 Å². The molecular formula is C13H15BrN4O. The van der Waals surface area contributed by atoms with Crippen LogP contribution >= 0.6 is 15.9 Å². The Hall–Kier alpha value is -1.56. The Morgan fingerprint density at radius 3 is 3.00 bits per heavy atom. The number of amides is 1. The average molecular weight is 323 g/mol. The van der Waals surface area contributed by atoms with Crippen molar-refractivity contribution in [1.29, 1.82) is 0 Å². The predicted octanol–water partition coefficient (Wildman–Crippen LogP) is 2.41. The highest BCUT2D eigenvalue weighted by Crippen LogP contribution is 2.35. The predicted molar refractivity (Wildman–Crippen MR) is 77.2 cm³/mol. The van der Waals surface area contributed by atoms with Gasteiger partial charge in [0.15, 0.2) is 0 Å². The summed E-state index contributed by atoms with van der Waals surface area (Å²) >= 11 is 3.42. The van der Waals surface area contributed by atoms with E-state index in [9.17, 15) is 4.79 Å². The number of nitrogens with two attached hydrogens (primary N) is 1. The van der Waals surface area contributed by atoms with Crippen LogP contribution in [0, 0.1) is 5.92 Å². The highest BCUT2D eigenvalue weighted by Gasteiger charge is 2.29. The Balaban J connectivity index is 2.10. The highest BCUT2D eigenvalue weighted by molar-refractivity contribution is 9.10. The molecule has 1 aliphatic rings. The van der Waals surface area contributed by atoms with Crippen LogP contribution in [-0.4, -0.2) is 21.6 Å². The number of nitrogens with zero attached hydrogens (tertiary/aromatic N) is 2. The second kappa shape index (κ2) is 4.52. The average Bonchev–Trinajstić information content (AvgIpc) is 3.11. The molecule has 0 aliphatic heterocycles. The van der Waals surface area contributed by atoms with Crippen LogP contribution < -0.4 is 11.1 Å². The van der Waals surface area contributed by atoms with Gasteiger partial charge in [0.1, 0.15) is 0 Å². The van der Waals surface area contributed by atoms with Gasteiger partial charge in [-0.25, -0.2) is 4.52 Å². The summed E-state index contributed by atoms with van der Waals surface area (Å²) in [5, 5.41) is 7.63. The highest BCUT2D eigenvalue weighted by atomic mass is 79.9. The van der Waals surface area contributed by atoms with Crippen LogP contribution in [0.1, 0.15) is 30.1 Å². The maximum Gasteiger partial charge on any atom is 0.252 e. The number of anilines is 1. The fourth-order valence-corrected chi connectivity index (χ4v) is 2.72. The van der Waals surface area contributed by atoms with Gasteiger partial charge in [0, 0.05) is 16.7 Å². The minimum Gasteiger partial charge on any atom is -0.380 e. The number of carbonyl (C=O) groups is 1. The number of primary amides is 1. The fourth-order valence-electron chi connectivity index (χ4n) is 2.31. The Morgan fingerprint density at radius 1 is 1.63 bits per heavy atom. The van der Waals surface area contributed by atoms with Gasteiger partial charge in [0.05, 0.1) is 23.0 Å². The summed E-state index contributed by atoms with van der Waals surface area (Å²) in [5.74, 6) is 0.227. The van der Waals surface area contributed by atoms with Gasteiger partial charge in [0.2, 0.25) is 0 Å². The molecule has 3 N–H and O–H groups in total. The molecule has 5 nitrogen and oxygen atoms in total. The maximum absolute atomic E-state index is 11.6. The molecule has 2 aromatic heterocycles. The minimum atomic E-state index is -0.460. The number of carbonyl (C=O) groups excluding carboxylic acids is 1. The number of fused-ring (bicyclic) bond motifs is 1. The summed E-state index contributed by atoms with van der Waals surface area (Å²) in [6, 6.07) is 2.26. The van der Waals surface area contributed by atoms with Gasteiger partial charge in [-0.1, -0.05) is 0 Å². The smallest absolute Gasteiger partial charge is 0.252 e. The second-order valence-corrected chi connectivity index (χ2v) is 5.97. The summed E-state index contributed by atoms with van der Waals surface area (Å²) < 4.78 is 2.65. The topological polar surface area (TPSA) is 72.4 Å². The second-order valence-electron chi connectivity index (χ2n) is 5.06. The zero-order valence-corrected chi connectivity index (χ0v) is 12.1. The van der Waals surface area contributed by atoms with Crippen molar-refractivity contribution in [3.8, 4) is 0 Å². The summed E-state index contributed by atoms with van der Waals surface area (Å²) in [5.41, 5.74) is 7.50. The quantitative estimate of drug-likeness (QED) is 0.907. The summed E-state index contributed by atoms with van der Waals surface area (Å²) in [4.78, 5) is 11.6. The van der Waals surface area contributed by atoms with Gasteiger partial charge in [-0.3, -0.25) is 4.79 Å². The standard InChI is InChI=1S/C13H15BrN4O/c1-7(8-2-3-8)17-12-10(13(15)19)5-16-18-6-9(14)4-11(12)18/h4-8,17H,2-3H2,1H3,(H2,15,19). The number of nitrogens with one attached hydrogen (secondary N) is 1. The fraction of sp³-hybridized carbons (Fsp3) is 0.385. The molecule has 1 fully saturated rings. The largest absolute Gasteiger partial charge is 0.380 e. The van der Waals surface area contributed by atoms with E-state index in [4.69, 9.17) is 5.73 Å². The molecule has 100 valence electrons. The molecule has 2 aromatic rings. The molecule has 1 saturated carbocycles. The molecule has 0 spiro atoms. The molecule has 0 saturated heterocycles. The number of halogens is 1. The van der Waals surface area contributed by atoms with E-state index >= 15 is 0 Å². The molecule has 19 heavy (non-hydrogen) atoms. The molecule has 1 aliphatic carbocycles. The first-order chi connectivity index (χ1) is 9.06. The zero-order valence-electron chi connectivity index (χ0n) is 10.6. The van der Waals surface area contributed by atoms with Crippen molar-refractivity contribution in [1.82, 2.24) is 9.61 Å². The van der Waals surface area contributed by atoms with E-state index in [1.54, 1.807) is 4.52 Å². The third-order valence-electron chi connectivity index (χ3n) is 3.57. The van der Waals surface area contributed by atoms with Gasteiger partial charge < -0.3 is 11.1 Å². The van der Waals surface area contributed by atoms with Gasteiger partial charge in [-0.2, -0.15) is 5.10 Å². The Kier molecular flexibility index (Phi) is 2.97. The Morgan fingerprint density at radius 2 is 2.37 bits per heavy atom. The summed E-state index contributed by atoms with van der Waals surface area (Å²) in [6.45, 7) is 2.14. The molecule has 0 radical (unpaired) electrons. The molecule has 2 heterocycles. The van der Waals surface area contributed by atoms with E-state index in [0.717, 1.165) is 15.7 Å². The number of hydrogen-bond acceptors (Lipinski definition) is 3. The number of aromatic nitrogens is 2. The van der Waals surface area contributed by atoms with Gasteiger partial charge in [0.25, 0.3) is 5.91 Å². The van der Waals surface area contributed by atoms with Crippen molar-refractivity contribution >= 4 is 33.0 Å². The molecule has 0 aromatic carbocycles. The van der Waals surface area contributed by atoms with Crippen molar-refractivity contribution in [3.05, 3.63) is 28.5 Å². The molecule has 1 unspecified atom stereocenters. The first-order valence-corrected chi connectivity index (χ1v) is 7.09. The zero-order chi connectivity index (χ0) is 13.6.